The Morgan fingerprint density at radius 3 is 2.21 bits per heavy atom. The molecule has 6 heteroatoms. The highest BCUT2D eigenvalue weighted by Gasteiger charge is 2.07. The lowest BCUT2D eigenvalue weighted by atomic mass is 10.3. The van der Waals surface area contributed by atoms with E-state index in [-0.39, 0.29) is 16.3 Å². The van der Waals surface area contributed by atoms with Gasteiger partial charge in [0, 0.05) is 24.1 Å². The molecule has 0 bridgehead atoms. The molecule has 0 saturated heterocycles. The molecular weight excluding hydrogens is 269 g/mol. The van der Waals surface area contributed by atoms with E-state index in [1.165, 1.54) is 42.5 Å². The lowest BCUT2D eigenvalue weighted by Crippen LogP contribution is -1.96. The van der Waals surface area contributed by atoms with Gasteiger partial charge in [0.25, 0.3) is 0 Å². The maximum absolute atomic E-state index is 13.1. The number of benzene rings is 2. The fraction of sp³-hybridized carbons (Fsp3) is 0.0769. The van der Waals surface area contributed by atoms with Gasteiger partial charge in [-0.05, 0) is 30.3 Å². The van der Waals surface area contributed by atoms with E-state index >= 15 is 0 Å². The molecule has 2 aromatic rings. The van der Waals surface area contributed by atoms with Crippen molar-refractivity contribution in [2.24, 2.45) is 0 Å². The third kappa shape index (κ3) is 3.45. The van der Waals surface area contributed by atoms with Crippen molar-refractivity contribution < 1.29 is 17.5 Å². The van der Waals surface area contributed by atoms with E-state index in [0.717, 1.165) is 6.26 Å². The van der Waals surface area contributed by atoms with E-state index in [4.69, 9.17) is 10.5 Å². The van der Waals surface area contributed by atoms with E-state index in [1.807, 2.05) is 0 Å². The largest absolute Gasteiger partial charge is 0.457 e. The van der Waals surface area contributed by atoms with Crippen LogP contribution in [0.5, 0.6) is 11.5 Å². The number of nitrogen functional groups attached to an aromatic ring is 1. The van der Waals surface area contributed by atoms with Gasteiger partial charge in [-0.2, -0.15) is 0 Å². The monoisotopic (exact) mass is 281 g/mol. The summed E-state index contributed by atoms with van der Waals surface area (Å²) in [5.74, 6) is 0.157. The van der Waals surface area contributed by atoms with Crippen LogP contribution in [0.4, 0.5) is 10.1 Å². The van der Waals surface area contributed by atoms with Crippen molar-refractivity contribution in [3.63, 3.8) is 0 Å². The third-order valence-corrected chi connectivity index (χ3v) is 3.51. The lowest BCUT2D eigenvalue weighted by molar-refractivity contribution is 0.477. The van der Waals surface area contributed by atoms with Gasteiger partial charge in [-0.1, -0.05) is 0 Å². The van der Waals surface area contributed by atoms with Crippen LogP contribution >= 0.6 is 0 Å². The Balaban J connectivity index is 2.24. The Bertz CT molecular complexity index is 676. The number of anilines is 1. The molecule has 0 aromatic heterocycles. The summed E-state index contributed by atoms with van der Waals surface area (Å²) in [7, 11) is -3.24. The van der Waals surface area contributed by atoms with Crippen LogP contribution in [0.3, 0.4) is 0 Å². The van der Waals surface area contributed by atoms with Crippen molar-refractivity contribution in [2.75, 3.05) is 12.0 Å². The minimum absolute atomic E-state index is 0.193. The first kappa shape index (κ1) is 13.4. The van der Waals surface area contributed by atoms with E-state index in [0.29, 0.717) is 5.75 Å². The number of rotatable bonds is 3. The summed E-state index contributed by atoms with van der Waals surface area (Å²) in [4.78, 5) is 0.193. The number of nitrogens with two attached hydrogens (primary N) is 1. The minimum Gasteiger partial charge on any atom is -0.457 e. The summed E-state index contributed by atoms with van der Waals surface area (Å²) in [5.41, 5.74) is 5.75. The average Bonchev–Trinajstić information content (AvgIpc) is 2.26. The number of hydrogen-bond acceptors (Lipinski definition) is 4. The van der Waals surface area contributed by atoms with Crippen LogP contribution in [0.25, 0.3) is 0 Å². The van der Waals surface area contributed by atoms with E-state index < -0.39 is 15.7 Å². The zero-order valence-electron chi connectivity index (χ0n) is 10.1. The first-order valence-electron chi connectivity index (χ1n) is 5.39. The van der Waals surface area contributed by atoms with Crippen LogP contribution in [0.15, 0.2) is 47.4 Å². The highest BCUT2D eigenvalue weighted by atomic mass is 32.2. The molecule has 2 rings (SSSR count). The smallest absolute Gasteiger partial charge is 0.175 e. The zero-order chi connectivity index (χ0) is 14.0. The van der Waals surface area contributed by atoms with Crippen molar-refractivity contribution in [3.05, 3.63) is 48.3 Å². The molecular formula is C13H12FNO3S. The molecule has 19 heavy (non-hydrogen) atoms. The normalized spacial score (nSPS) is 11.3. The van der Waals surface area contributed by atoms with Gasteiger partial charge in [0.15, 0.2) is 9.84 Å². The Morgan fingerprint density at radius 1 is 1.05 bits per heavy atom. The van der Waals surface area contributed by atoms with Gasteiger partial charge < -0.3 is 10.5 Å². The molecule has 0 aliphatic carbocycles. The van der Waals surface area contributed by atoms with Crippen LogP contribution in [0.2, 0.25) is 0 Å². The molecule has 0 aliphatic heterocycles. The van der Waals surface area contributed by atoms with Gasteiger partial charge in [-0.15, -0.1) is 0 Å². The SMILES string of the molecule is CS(=O)(=O)c1ccc(Oc2cc(N)cc(F)c2)cc1. The fourth-order valence-corrected chi connectivity index (χ4v) is 2.16. The molecule has 0 radical (unpaired) electrons. The molecule has 0 atom stereocenters. The van der Waals surface area contributed by atoms with Crippen molar-refractivity contribution in [1.82, 2.24) is 0 Å². The summed E-state index contributed by atoms with van der Waals surface area (Å²) in [6.07, 6.45) is 1.12. The second kappa shape index (κ2) is 4.89. The van der Waals surface area contributed by atoms with Crippen molar-refractivity contribution in [2.45, 2.75) is 4.90 Å². The van der Waals surface area contributed by atoms with Gasteiger partial charge in [0.1, 0.15) is 17.3 Å². The van der Waals surface area contributed by atoms with Crippen LogP contribution in [-0.4, -0.2) is 14.7 Å². The zero-order valence-corrected chi connectivity index (χ0v) is 10.9. The van der Waals surface area contributed by atoms with Crippen LogP contribution < -0.4 is 10.5 Å². The summed E-state index contributed by atoms with van der Waals surface area (Å²) in [5, 5.41) is 0. The maximum atomic E-state index is 13.1. The third-order valence-electron chi connectivity index (χ3n) is 2.38. The van der Waals surface area contributed by atoms with Crippen molar-refractivity contribution in [1.29, 1.82) is 0 Å². The van der Waals surface area contributed by atoms with Crippen LogP contribution in [0.1, 0.15) is 0 Å². The van der Waals surface area contributed by atoms with Crippen LogP contribution in [-0.2, 0) is 9.84 Å². The average molecular weight is 281 g/mol. The van der Waals surface area contributed by atoms with Crippen molar-refractivity contribution >= 4 is 15.5 Å². The second-order valence-corrected chi connectivity index (χ2v) is 6.08. The standard InChI is InChI=1S/C13H12FNO3S/c1-19(16,17)13-4-2-11(3-5-13)18-12-7-9(14)6-10(15)8-12/h2-8H,15H2,1H3. The number of hydrogen-bond donors (Lipinski definition) is 1. The topological polar surface area (TPSA) is 69.4 Å². The molecule has 0 heterocycles. The lowest BCUT2D eigenvalue weighted by Gasteiger charge is -2.07. The highest BCUT2D eigenvalue weighted by Crippen LogP contribution is 2.25. The van der Waals surface area contributed by atoms with Crippen LogP contribution in [0, 0.1) is 5.82 Å². The molecule has 100 valence electrons. The Labute approximate surface area is 110 Å². The summed E-state index contributed by atoms with van der Waals surface area (Å²) < 4.78 is 41.1. The Morgan fingerprint density at radius 2 is 1.68 bits per heavy atom. The summed E-state index contributed by atoms with van der Waals surface area (Å²) >= 11 is 0. The number of halogens is 1. The number of ether oxygens (including phenoxy) is 1. The molecule has 0 fully saturated rings. The summed E-state index contributed by atoms with van der Waals surface area (Å²) in [6.45, 7) is 0. The minimum atomic E-state index is -3.24. The van der Waals surface area contributed by atoms with E-state index in [2.05, 4.69) is 0 Å². The van der Waals surface area contributed by atoms with Gasteiger partial charge >= 0.3 is 0 Å². The molecule has 0 saturated carbocycles. The molecule has 2 aromatic carbocycles. The molecule has 0 amide bonds. The first-order valence-corrected chi connectivity index (χ1v) is 7.28. The fourth-order valence-electron chi connectivity index (χ4n) is 1.53. The molecule has 2 N–H and O–H groups in total. The van der Waals surface area contributed by atoms with Gasteiger partial charge in [0.2, 0.25) is 0 Å². The Hall–Kier alpha value is -2.08. The van der Waals surface area contributed by atoms with Gasteiger partial charge in [0.05, 0.1) is 4.90 Å². The second-order valence-electron chi connectivity index (χ2n) is 4.07. The first-order chi connectivity index (χ1) is 8.84. The van der Waals surface area contributed by atoms with Gasteiger partial charge in [-0.25, -0.2) is 12.8 Å². The maximum Gasteiger partial charge on any atom is 0.175 e. The van der Waals surface area contributed by atoms with E-state index in [9.17, 15) is 12.8 Å². The quantitative estimate of drug-likeness (QED) is 0.878. The molecule has 0 spiro atoms. The summed E-state index contributed by atoms with van der Waals surface area (Å²) in [6, 6.07) is 9.70. The molecule has 0 aliphatic rings. The molecule has 4 nitrogen and oxygen atoms in total. The van der Waals surface area contributed by atoms with E-state index in [1.54, 1.807) is 0 Å². The predicted octanol–water partition coefficient (Wildman–Crippen LogP) is 2.60. The Kier molecular flexibility index (Phi) is 3.44. The highest BCUT2D eigenvalue weighted by molar-refractivity contribution is 7.90. The van der Waals surface area contributed by atoms with Crippen molar-refractivity contribution in [3.8, 4) is 11.5 Å². The molecule has 0 unspecified atom stereocenters. The predicted molar refractivity (Wildman–Crippen MR) is 70.4 cm³/mol. The van der Waals surface area contributed by atoms with Gasteiger partial charge in [-0.3, -0.25) is 0 Å². The number of sulfone groups is 1.